The van der Waals surface area contributed by atoms with E-state index in [1.807, 2.05) is 25.1 Å². The molecule has 1 unspecified atom stereocenters. The highest BCUT2D eigenvalue weighted by Crippen LogP contribution is 2.22. The standard InChI is InChI=1S/C15H24ClNO/c1-5-14(6-2)17-10-12(4)18-15-8-7-13(16)9-11(15)3/h7-9,12,14,17H,5-6,10H2,1-4H3. The second-order valence-electron chi connectivity index (χ2n) is 4.76. The Morgan fingerprint density at radius 3 is 2.50 bits per heavy atom. The number of rotatable bonds is 7. The van der Waals surface area contributed by atoms with Crippen LogP contribution in [-0.4, -0.2) is 18.7 Å². The van der Waals surface area contributed by atoms with Gasteiger partial charge < -0.3 is 10.1 Å². The summed E-state index contributed by atoms with van der Waals surface area (Å²) in [7, 11) is 0. The zero-order valence-electron chi connectivity index (χ0n) is 11.8. The first-order valence-electron chi connectivity index (χ1n) is 6.73. The Morgan fingerprint density at radius 2 is 1.94 bits per heavy atom. The van der Waals surface area contributed by atoms with Crippen molar-refractivity contribution in [1.82, 2.24) is 5.32 Å². The van der Waals surface area contributed by atoms with Crippen molar-refractivity contribution < 1.29 is 4.74 Å². The summed E-state index contributed by atoms with van der Waals surface area (Å²) < 4.78 is 5.92. The van der Waals surface area contributed by atoms with Crippen LogP contribution in [0.3, 0.4) is 0 Å². The third-order valence-corrected chi connectivity index (χ3v) is 3.38. The third-order valence-electron chi connectivity index (χ3n) is 3.14. The van der Waals surface area contributed by atoms with Gasteiger partial charge in [-0.05, 0) is 50.5 Å². The lowest BCUT2D eigenvalue weighted by Gasteiger charge is -2.20. The number of hydrogen-bond donors (Lipinski definition) is 1. The second kappa shape index (κ2) is 7.65. The molecule has 0 spiro atoms. The topological polar surface area (TPSA) is 21.3 Å². The van der Waals surface area contributed by atoms with Crippen molar-refractivity contribution in [1.29, 1.82) is 0 Å². The Bertz CT molecular complexity index is 364. The highest BCUT2D eigenvalue weighted by Gasteiger charge is 2.09. The smallest absolute Gasteiger partial charge is 0.122 e. The molecule has 2 nitrogen and oxygen atoms in total. The lowest BCUT2D eigenvalue weighted by atomic mass is 10.1. The van der Waals surface area contributed by atoms with E-state index < -0.39 is 0 Å². The van der Waals surface area contributed by atoms with Crippen LogP contribution in [0.25, 0.3) is 0 Å². The first-order valence-corrected chi connectivity index (χ1v) is 7.10. The molecule has 1 atom stereocenters. The molecule has 1 aromatic rings. The Kier molecular flexibility index (Phi) is 6.51. The van der Waals surface area contributed by atoms with Crippen LogP contribution in [0.15, 0.2) is 18.2 Å². The van der Waals surface area contributed by atoms with Gasteiger partial charge in [0, 0.05) is 17.6 Å². The minimum absolute atomic E-state index is 0.158. The number of hydrogen-bond acceptors (Lipinski definition) is 2. The summed E-state index contributed by atoms with van der Waals surface area (Å²) in [5, 5.41) is 4.27. The summed E-state index contributed by atoms with van der Waals surface area (Å²) >= 11 is 5.93. The molecule has 3 heteroatoms. The number of benzene rings is 1. The molecule has 0 radical (unpaired) electrons. The molecule has 102 valence electrons. The largest absolute Gasteiger partial charge is 0.489 e. The molecule has 0 fully saturated rings. The van der Waals surface area contributed by atoms with Crippen molar-refractivity contribution >= 4 is 11.6 Å². The van der Waals surface area contributed by atoms with E-state index in [1.54, 1.807) is 0 Å². The summed E-state index contributed by atoms with van der Waals surface area (Å²) in [6.45, 7) is 9.38. The van der Waals surface area contributed by atoms with Gasteiger partial charge in [-0.25, -0.2) is 0 Å². The molecule has 0 saturated heterocycles. The van der Waals surface area contributed by atoms with Crippen LogP contribution in [0.2, 0.25) is 5.02 Å². The van der Waals surface area contributed by atoms with Crippen molar-refractivity contribution in [3.63, 3.8) is 0 Å². The van der Waals surface area contributed by atoms with Crippen LogP contribution < -0.4 is 10.1 Å². The monoisotopic (exact) mass is 269 g/mol. The minimum Gasteiger partial charge on any atom is -0.489 e. The van der Waals surface area contributed by atoms with Gasteiger partial charge in [0.15, 0.2) is 0 Å². The minimum atomic E-state index is 0.158. The van der Waals surface area contributed by atoms with Crippen LogP contribution in [0.1, 0.15) is 39.2 Å². The van der Waals surface area contributed by atoms with Crippen molar-refractivity contribution in [2.75, 3.05) is 6.54 Å². The molecule has 0 heterocycles. The van der Waals surface area contributed by atoms with Crippen LogP contribution in [0.4, 0.5) is 0 Å². The Balaban J connectivity index is 2.46. The molecule has 0 aliphatic rings. The SMILES string of the molecule is CCC(CC)NCC(C)Oc1ccc(Cl)cc1C. The van der Waals surface area contributed by atoms with Gasteiger partial charge in [-0.15, -0.1) is 0 Å². The lowest BCUT2D eigenvalue weighted by molar-refractivity contribution is 0.209. The van der Waals surface area contributed by atoms with Crippen molar-refractivity contribution in [3.8, 4) is 5.75 Å². The fraction of sp³-hybridized carbons (Fsp3) is 0.600. The van der Waals surface area contributed by atoms with E-state index in [4.69, 9.17) is 16.3 Å². The molecule has 0 amide bonds. The Hall–Kier alpha value is -0.730. The van der Waals surface area contributed by atoms with Crippen molar-refractivity contribution in [2.45, 2.75) is 52.7 Å². The number of aryl methyl sites for hydroxylation is 1. The fourth-order valence-electron chi connectivity index (χ4n) is 1.91. The summed E-state index contributed by atoms with van der Waals surface area (Å²) in [5.41, 5.74) is 1.08. The molecule has 1 aromatic carbocycles. The van der Waals surface area contributed by atoms with Gasteiger partial charge in [-0.3, -0.25) is 0 Å². The molecular weight excluding hydrogens is 246 g/mol. The molecule has 1 N–H and O–H groups in total. The number of ether oxygens (including phenoxy) is 1. The maximum Gasteiger partial charge on any atom is 0.122 e. The molecular formula is C15H24ClNO. The van der Waals surface area contributed by atoms with E-state index >= 15 is 0 Å². The third kappa shape index (κ3) is 4.87. The van der Waals surface area contributed by atoms with E-state index in [0.717, 1.165) is 35.7 Å². The zero-order valence-corrected chi connectivity index (χ0v) is 12.6. The lowest BCUT2D eigenvalue weighted by Crippen LogP contribution is -2.36. The molecule has 0 saturated carbocycles. The number of halogens is 1. The summed E-state index contributed by atoms with van der Waals surface area (Å²) in [6.07, 6.45) is 2.47. The van der Waals surface area contributed by atoms with E-state index in [2.05, 4.69) is 26.1 Å². The maximum atomic E-state index is 5.93. The summed E-state index contributed by atoms with van der Waals surface area (Å²) in [6, 6.07) is 6.32. The van der Waals surface area contributed by atoms with Gasteiger partial charge in [-0.2, -0.15) is 0 Å². The zero-order chi connectivity index (χ0) is 13.5. The molecule has 0 aliphatic heterocycles. The predicted molar refractivity (Wildman–Crippen MR) is 78.7 cm³/mol. The molecule has 18 heavy (non-hydrogen) atoms. The number of nitrogens with one attached hydrogen (secondary N) is 1. The van der Waals surface area contributed by atoms with Crippen LogP contribution in [-0.2, 0) is 0 Å². The van der Waals surface area contributed by atoms with E-state index in [9.17, 15) is 0 Å². The van der Waals surface area contributed by atoms with E-state index in [1.165, 1.54) is 0 Å². The van der Waals surface area contributed by atoms with Gasteiger partial charge in [0.2, 0.25) is 0 Å². The molecule has 0 aliphatic carbocycles. The quantitative estimate of drug-likeness (QED) is 0.801. The van der Waals surface area contributed by atoms with Crippen molar-refractivity contribution in [3.05, 3.63) is 28.8 Å². The first kappa shape index (κ1) is 15.3. The van der Waals surface area contributed by atoms with E-state index in [0.29, 0.717) is 6.04 Å². The Morgan fingerprint density at radius 1 is 1.28 bits per heavy atom. The van der Waals surface area contributed by atoms with Gasteiger partial charge in [-0.1, -0.05) is 25.4 Å². The van der Waals surface area contributed by atoms with Gasteiger partial charge >= 0.3 is 0 Å². The fourth-order valence-corrected chi connectivity index (χ4v) is 2.14. The average Bonchev–Trinajstić information content (AvgIpc) is 2.34. The Labute approximate surface area is 116 Å². The van der Waals surface area contributed by atoms with Crippen molar-refractivity contribution in [2.24, 2.45) is 0 Å². The maximum absolute atomic E-state index is 5.93. The summed E-state index contributed by atoms with van der Waals surface area (Å²) in [4.78, 5) is 0. The van der Waals surface area contributed by atoms with Gasteiger partial charge in [0.1, 0.15) is 11.9 Å². The highest BCUT2D eigenvalue weighted by molar-refractivity contribution is 6.30. The average molecular weight is 270 g/mol. The highest BCUT2D eigenvalue weighted by atomic mass is 35.5. The van der Waals surface area contributed by atoms with Gasteiger partial charge in [0.25, 0.3) is 0 Å². The van der Waals surface area contributed by atoms with Crippen LogP contribution in [0, 0.1) is 6.92 Å². The second-order valence-corrected chi connectivity index (χ2v) is 5.20. The van der Waals surface area contributed by atoms with Gasteiger partial charge in [0.05, 0.1) is 0 Å². The van der Waals surface area contributed by atoms with E-state index in [-0.39, 0.29) is 6.10 Å². The van der Waals surface area contributed by atoms with Crippen LogP contribution >= 0.6 is 11.6 Å². The first-order chi connectivity index (χ1) is 8.56. The molecule has 0 bridgehead atoms. The normalized spacial score (nSPS) is 12.8. The summed E-state index contributed by atoms with van der Waals surface area (Å²) in [5.74, 6) is 0.915. The molecule has 0 aromatic heterocycles. The molecule has 1 rings (SSSR count). The van der Waals surface area contributed by atoms with Crippen LogP contribution in [0.5, 0.6) is 5.75 Å². The predicted octanol–water partition coefficient (Wildman–Crippen LogP) is 4.19.